The molecular formula is C25H20N2O4. The molecule has 1 atom stereocenters. The number of amides is 2. The van der Waals surface area contributed by atoms with Crippen LogP contribution in [-0.4, -0.2) is 23.1 Å². The molecule has 0 radical (unpaired) electrons. The van der Waals surface area contributed by atoms with Gasteiger partial charge in [-0.25, -0.2) is 5.48 Å². The molecule has 6 heteroatoms. The van der Waals surface area contributed by atoms with E-state index in [1.54, 1.807) is 42.7 Å². The number of hydroxylamine groups is 1. The van der Waals surface area contributed by atoms with Gasteiger partial charge < -0.3 is 9.73 Å². The average molecular weight is 412 g/mol. The quantitative estimate of drug-likeness (QED) is 0.340. The van der Waals surface area contributed by atoms with E-state index in [9.17, 15) is 9.59 Å². The van der Waals surface area contributed by atoms with Gasteiger partial charge in [0.1, 0.15) is 11.8 Å². The van der Waals surface area contributed by atoms with Crippen LogP contribution >= 0.6 is 0 Å². The molecule has 0 fully saturated rings. The summed E-state index contributed by atoms with van der Waals surface area (Å²) >= 11 is 0. The third-order valence-electron chi connectivity index (χ3n) is 4.41. The first-order valence-electron chi connectivity index (χ1n) is 9.63. The largest absolute Gasteiger partial charge is 0.448 e. The van der Waals surface area contributed by atoms with Crippen LogP contribution < -0.4 is 10.8 Å². The molecule has 1 heterocycles. The Hall–Kier alpha value is -4.26. The monoisotopic (exact) mass is 412 g/mol. The lowest BCUT2D eigenvalue weighted by Crippen LogP contribution is -2.45. The number of benzene rings is 2. The highest BCUT2D eigenvalue weighted by Gasteiger charge is 2.18. The van der Waals surface area contributed by atoms with Crippen molar-refractivity contribution in [3.05, 3.63) is 83.6 Å². The van der Waals surface area contributed by atoms with E-state index in [0.29, 0.717) is 23.3 Å². The minimum absolute atomic E-state index is 0.350. The van der Waals surface area contributed by atoms with Crippen LogP contribution in [0.2, 0.25) is 0 Å². The summed E-state index contributed by atoms with van der Waals surface area (Å²) in [5.41, 5.74) is 3.59. The van der Waals surface area contributed by atoms with Crippen molar-refractivity contribution < 1.29 is 19.2 Å². The van der Waals surface area contributed by atoms with Gasteiger partial charge in [0.25, 0.3) is 11.8 Å². The van der Waals surface area contributed by atoms with Crippen LogP contribution in [0.25, 0.3) is 11.3 Å². The van der Waals surface area contributed by atoms with Gasteiger partial charge in [-0.05, 0) is 60.6 Å². The van der Waals surface area contributed by atoms with Crippen LogP contribution in [-0.2, 0) is 4.79 Å². The smallest absolute Gasteiger partial charge is 0.265 e. The number of carbonyl (C=O) groups is 2. The predicted octanol–water partition coefficient (Wildman–Crippen LogP) is 3.36. The number of carbonyl (C=O) groups excluding carboxylic acids is 2. The molecule has 154 valence electrons. The third-order valence-corrected chi connectivity index (χ3v) is 4.41. The van der Waals surface area contributed by atoms with Gasteiger partial charge in [-0.15, -0.1) is 0 Å². The highest BCUT2D eigenvalue weighted by molar-refractivity contribution is 5.97. The summed E-state index contributed by atoms with van der Waals surface area (Å²) in [4.78, 5) is 23.7. The summed E-state index contributed by atoms with van der Waals surface area (Å²) in [7, 11) is 0. The first-order valence-corrected chi connectivity index (χ1v) is 9.63. The Morgan fingerprint density at radius 3 is 2.35 bits per heavy atom. The summed E-state index contributed by atoms with van der Waals surface area (Å²) in [5.74, 6) is 11.5. The molecule has 0 aliphatic rings. The minimum Gasteiger partial charge on any atom is -0.448 e. The second kappa shape index (κ2) is 10.5. The van der Waals surface area contributed by atoms with Gasteiger partial charge in [-0.3, -0.25) is 14.8 Å². The fourth-order valence-electron chi connectivity index (χ4n) is 2.74. The Morgan fingerprint density at radius 1 is 0.968 bits per heavy atom. The Morgan fingerprint density at radius 2 is 1.68 bits per heavy atom. The van der Waals surface area contributed by atoms with Gasteiger partial charge in [0.05, 0.1) is 0 Å². The molecule has 0 saturated heterocycles. The number of hydrogen-bond donors (Lipinski definition) is 3. The second-order valence-corrected chi connectivity index (χ2v) is 6.52. The number of rotatable bonds is 5. The fraction of sp³-hybridized carbons (Fsp3) is 0.120. The lowest BCUT2D eigenvalue weighted by Gasteiger charge is -2.14. The molecular weight excluding hydrogens is 392 g/mol. The Bertz CT molecular complexity index is 1170. The molecule has 2 aromatic carbocycles. The molecule has 0 spiro atoms. The van der Waals surface area contributed by atoms with E-state index in [-0.39, 0.29) is 0 Å². The highest BCUT2D eigenvalue weighted by Crippen LogP contribution is 2.21. The van der Waals surface area contributed by atoms with Crippen molar-refractivity contribution in [1.29, 1.82) is 0 Å². The lowest BCUT2D eigenvalue weighted by atomic mass is 10.1. The SMILES string of the molecule is CC[C@H](NC(=O)c1ccc(C#CC#Cc2ccc(-c3ccccc3)o2)cc1)C(=O)NO. The van der Waals surface area contributed by atoms with Gasteiger partial charge in [0.2, 0.25) is 0 Å². The molecule has 3 aromatic rings. The summed E-state index contributed by atoms with van der Waals surface area (Å²) < 4.78 is 5.70. The van der Waals surface area contributed by atoms with Crippen molar-refractivity contribution in [3.63, 3.8) is 0 Å². The van der Waals surface area contributed by atoms with Gasteiger partial charge in [0.15, 0.2) is 5.76 Å². The van der Waals surface area contributed by atoms with E-state index in [2.05, 4.69) is 29.0 Å². The Labute approximate surface area is 180 Å². The molecule has 3 N–H and O–H groups in total. The van der Waals surface area contributed by atoms with E-state index in [1.807, 2.05) is 36.4 Å². The topological polar surface area (TPSA) is 91.6 Å². The molecule has 31 heavy (non-hydrogen) atoms. The molecule has 0 saturated carbocycles. The highest BCUT2D eigenvalue weighted by atomic mass is 16.5. The molecule has 3 rings (SSSR count). The van der Waals surface area contributed by atoms with E-state index in [1.165, 1.54) is 0 Å². The van der Waals surface area contributed by atoms with Gasteiger partial charge >= 0.3 is 0 Å². The maximum Gasteiger partial charge on any atom is 0.265 e. The van der Waals surface area contributed by atoms with E-state index in [4.69, 9.17) is 9.62 Å². The predicted molar refractivity (Wildman–Crippen MR) is 116 cm³/mol. The van der Waals surface area contributed by atoms with E-state index < -0.39 is 17.9 Å². The van der Waals surface area contributed by atoms with Crippen LogP contribution in [0.4, 0.5) is 0 Å². The molecule has 0 unspecified atom stereocenters. The third kappa shape index (κ3) is 5.86. The van der Waals surface area contributed by atoms with Crippen LogP contribution in [0.3, 0.4) is 0 Å². The average Bonchev–Trinajstić information content (AvgIpc) is 3.29. The summed E-state index contributed by atoms with van der Waals surface area (Å²) in [6.07, 6.45) is 0.350. The zero-order chi connectivity index (χ0) is 22.1. The van der Waals surface area contributed by atoms with E-state index >= 15 is 0 Å². The van der Waals surface area contributed by atoms with Crippen LogP contribution in [0, 0.1) is 23.7 Å². The molecule has 0 aliphatic heterocycles. The molecule has 1 aromatic heterocycles. The summed E-state index contributed by atoms with van der Waals surface area (Å²) in [6.45, 7) is 1.73. The van der Waals surface area contributed by atoms with Crippen molar-refractivity contribution in [2.75, 3.05) is 0 Å². The number of hydrogen-bond acceptors (Lipinski definition) is 4. The maximum atomic E-state index is 12.2. The van der Waals surface area contributed by atoms with Crippen LogP contribution in [0.5, 0.6) is 0 Å². The molecule has 6 nitrogen and oxygen atoms in total. The molecule has 0 aliphatic carbocycles. The lowest BCUT2D eigenvalue weighted by molar-refractivity contribution is -0.131. The first-order chi connectivity index (χ1) is 15.1. The van der Waals surface area contributed by atoms with Crippen molar-refractivity contribution in [3.8, 4) is 35.0 Å². The first kappa shape index (κ1) is 21.4. The zero-order valence-corrected chi connectivity index (χ0v) is 16.8. The molecule has 2 amide bonds. The second-order valence-electron chi connectivity index (χ2n) is 6.52. The van der Waals surface area contributed by atoms with Crippen molar-refractivity contribution in [2.45, 2.75) is 19.4 Å². The fourth-order valence-corrected chi connectivity index (χ4v) is 2.74. The van der Waals surface area contributed by atoms with Crippen molar-refractivity contribution in [2.24, 2.45) is 0 Å². The normalized spacial score (nSPS) is 10.6. The number of nitrogens with one attached hydrogen (secondary N) is 2. The standard InChI is InChI=1S/C25H20N2O4/c1-2-22(25(29)27-30)26-24(28)20-14-12-18(13-15-20)8-6-7-11-21-16-17-23(31-21)19-9-4-3-5-10-19/h3-5,9-10,12-17,22,30H,2H2,1H3,(H,26,28)(H,27,29)/t22-/m0/s1. The Balaban J connectivity index is 1.61. The summed E-state index contributed by atoms with van der Waals surface area (Å²) in [6, 6.07) is 19.2. The molecule has 0 bridgehead atoms. The zero-order valence-electron chi connectivity index (χ0n) is 16.8. The van der Waals surface area contributed by atoms with Crippen molar-refractivity contribution >= 4 is 11.8 Å². The van der Waals surface area contributed by atoms with Crippen LogP contribution in [0.1, 0.15) is 35.0 Å². The van der Waals surface area contributed by atoms with Gasteiger partial charge in [-0.1, -0.05) is 43.2 Å². The van der Waals surface area contributed by atoms with Crippen molar-refractivity contribution in [1.82, 2.24) is 10.8 Å². The summed E-state index contributed by atoms with van der Waals surface area (Å²) in [5, 5.41) is 11.3. The number of furan rings is 1. The Kier molecular flexibility index (Phi) is 7.26. The van der Waals surface area contributed by atoms with E-state index in [0.717, 1.165) is 11.3 Å². The van der Waals surface area contributed by atoms with Gasteiger partial charge in [0, 0.05) is 16.7 Å². The van der Waals surface area contributed by atoms with Gasteiger partial charge in [-0.2, -0.15) is 0 Å². The maximum absolute atomic E-state index is 12.2. The minimum atomic E-state index is -0.809. The van der Waals surface area contributed by atoms with Crippen LogP contribution in [0.15, 0.2) is 71.1 Å².